The Hall–Kier alpha value is -2.43. The smallest absolute Gasteiger partial charge is 0.229 e. The van der Waals surface area contributed by atoms with Gasteiger partial charge in [-0.25, -0.2) is 0 Å². The van der Waals surface area contributed by atoms with Crippen molar-refractivity contribution in [2.45, 2.75) is 12.8 Å². The number of benzene rings is 1. The molecule has 3 rings (SSSR count). The van der Waals surface area contributed by atoms with Gasteiger partial charge in [-0.1, -0.05) is 18.2 Å². The molecule has 1 aromatic heterocycles. The van der Waals surface area contributed by atoms with E-state index in [9.17, 15) is 4.79 Å². The van der Waals surface area contributed by atoms with Crippen LogP contribution in [-0.4, -0.2) is 29.2 Å². The van der Waals surface area contributed by atoms with Gasteiger partial charge < -0.3 is 10.2 Å². The summed E-state index contributed by atoms with van der Waals surface area (Å²) in [6, 6.07) is 13.4. The first-order valence-corrected chi connectivity index (χ1v) is 7.21. The molecule has 1 atom stereocenters. The molecule has 0 spiro atoms. The van der Waals surface area contributed by atoms with Crippen molar-refractivity contribution in [2.24, 2.45) is 5.92 Å². The topological polar surface area (TPSA) is 58.1 Å². The van der Waals surface area contributed by atoms with Gasteiger partial charge in [0.05, 0.1) is 5.92 Å². The number of para-hydroxylation sites is 1. The Morgan fingerprint density at radius 1 is 1.19 bits per heavy atom. The fourth-order valence-corrected chi connectivity index (χ4v) is 2.63. The van der Waals surface area contributed by atoms with Crippen LogP contribution in [0.25, 0.3) is 0 Å². The van der Waals surface area contributed by atoms with Gasteiger partial charge in [-0.05, 0) is 37.1 Å². The van der Waals surface area contributed by atoms with Crippen LogP contribution < -0.4 is 10.2 Å². The molecule has 1 aromatic carbocycles. The molecular weight excluding hydrogens is 264 g/mol. The second kappa shape index (κ2) is 6.35. The van der Waals surface area contributed by atoms with Crippen molar-refractivity contribution in [1.29, 1.82) is 0 Å². The zero-order valence-electron chi connectivity index (χ0n) is 11.8. The number of carbonyl (C=O) groups is 1. The molecule has 2 aromatic rings. The van der Waals surface area contributed by atoms with Crippen LogP contribution in [0.4, 0.5) is 11.5 Å². The van der Waals surface area contributed by atoms with E-state index in [2.05, 4.69) is 20.4 Å². The lowest BCUT2D eigenvalue weighted by atomic mass is 9.97. The van der Waals surface area contributed by atoms with E-state index in [0.717, 1.165) is 30.9 Å². The van der Waals surface area contributed by atoms with Crippen molar-refractivity contribution in [2.75, 3.05) is 23.3 Å². The Balaban J connectivity index is 1.64. The van der Waals surface area contributed by atoms with Crippen LogP contribution in [0.15, 0.2) is 48.7 Å². The summed E-state index contributed by atoms with van der Waals surface area (Å²) in [7, 11) is 0. The molecule has 108 valence electrons. The summed E-state index contributed by atoms with van der Waals surface area (Å²) in [6.07, 6.45) is 3.56. The summed E-state index contributed by atoms with van der Waals surface area (Å²) in [5, 5.41) is 11.0. The maximum atomic E-state index is 12.4. The molecule has 5 heteroatoms. The molecule has 1 fully saturated rings. The molecule has 1 amide bonds. The first-order chi connectivity index (χ1) is 10.3. The molecule has 0 radical (unpaired) electrons. The Morgan fingerprint density at radius 2 is 2.05 bits per heavy atom. The number of piperidine rings is 1. The average molecular weight is 282 g/mol. The number of aromatic nitrogens is 2. The summed E-state index contributed by atoms with van der Waals surface area (Å²) in [6.45, 7) is 1.62. The zero-order chi connectivity index (χ0) is 14.5. The lowest BCUT2D eigenvalue weighted by Gasteiger charge is -2.32. The third-order valence-corrected chi connectivity index (χ3v) is 3.72. The summed E-state index contributed by atoms with van der Waals surface area (Å²) >= 11 is 0. The van der Waals surface area contributed by atoms with E-state index in [-0.39, 0.29) is 11.8 Å². The van der Waals surface area contributed by atoms with Crippen LogP contribution in [0.1, 0.15) is 12.8 Å². The minimum absolute atomic E-state index is 0.0130. The number of nitrogens with zero attached hydrogens (tertiary/aromatic N) is 3. The van der Waals surface area contributed by atoms with Gasteiger partial charge >= 0.3 is 0 Å². The van der Waals surface area contributed by atoms with E-state index < -0.39 is 0 Å². The molecule has 0 saturated carbocycles. The maximum absolute atomic E-state index is 12.4. The number of hydrogen-bond acceptors (Lipinski definition) is 4. The number of anilines is 2. The third-order valence-electron chi connectivity index (χ3n) is 3.72. The van der Waals surface area contributed by atoms with Crippen molar-refractivity contribution in [3.63, 3.8) is 0 Å². The lowest BCUT2D eigenvalue weighted by Crippen LogP contribution is -2.41. The van der Waals surface area contributed by atoms with E-state index in [1.54, 1.807) is 6.20 Å². The monoisotopic (exact) mass is 282 g/mol. The normalized spacial score (nSPS) is 18.3. The van der Waals surface area contributed by atoms with Gasteiger partial charge in [0.2, 0.25) is 5.91 Å². The molecule has 0 aliphatic carbocycles. The number of rotatable bonds is 3. The molecule has 1 aliphatic heterocycles. The van der Waals surface area contributed by atoms with Crippen LogP contribution >= 0.6 is 0 Å². The second-order valence-electron chi connectivity index (χ2n) is 5.22. The van der Waals surface area contributed by atoms with Gasteiger partial charge in [0, 0.05) is 25.0 Å². The van der Waals surface area contributed by atoms with E-state index in [1.165, 1.54) is 0 Å². The van der Waals surface area contributed by atoms with Crippen LogP contribution in [0.2, 0.25) is 0 Å². The fourth-order valence-electron chi connectivity index (χ4n) is 2.63. The molecule has 1 aliphatic rings. The summed E-state index contributed by atoms with van der Waals surface area (Å²) < 4.78 is 0. The molecular formula is C16H18N4O. The lowest BCUT2D eigenvalue weighted by molar-refractivity contribution is -0.120. The van der Waals surface area contributed by atoms with Crippen LogP contribution in [-0.2, 0) is 4.79 Å². The highest BCUT2D eigenvalue weighted by molar-refractivity contribution is 5.93. The van der Waals surface area contributed by atoms with E-state index >= 15 is 0 Å². The Labute approximate surface area is 124 Å². The quantitative estimate of drug-likeness (QED) is 0.938. The van der Waals surface area contributed by atoms with Crippen molar-refractivity contribution in [1.82, 2.24) is 10.2 Å². The SMILES string of the molecule is O=C(Nc1ccccc1)C1CCCN(c2cccnn2)C1. The second-order valence-corrected chi connectivity index (χ2v) is 5.22. The maximum Gasteiger partial charge on any atom is 0.229 e. The Bertz CT molecular complexity index is 588. The highest BCUT2D eigenvalue weighted by Gasteiger charge is 2.26. The third kappa shape index (κ3) is 3.37. The van der Waals surface area contributed by atoms with Crippen LogP contribution in [0.5, 0.6) is 0 Å². The van der Waals surface area contributed by atoms with Gasteiger partial charge in [-0.15, -0.1) is 5.10 Å². The standard InChI is InChI=1S/C16H18N4O/c21-16(18-14-7-2-1-3-8-14)13-6-5-11-20(12-13)15-9-4-10-17-19-15/h1-4,7-10,13H,5-6,11-12H2,(H,18,21). The molecule has 5 nitrogen and oxygen atoms in total. The number of nitrogens with one attached hydrogen (secondary N) is 1. The molecule has 0 bridgehead atoms. The minimum Gasteiger partial charge on any atom is -0.354 e. The summed E-state index contributed by atoms with van der Waals surface area (Å²) in [5.74, 6) is 0.908. The largest absolute Gasteiger partial charge is 0.354 e. The Kier molecular flexibility index (Phi) is 4.09. The number of hydrogen-bond donors (Lipinski definition) is 1. The number of carbonyl (C=O) groups excluding carboxylic acids is 1. The van der Waals surface area contributed by atoms with Crippen LogP contribution in [0.3, 0.4) is 0 Å². The highest BCUT2D eigenvalue weighted by Crippen LogP contribution is 2.22. The van der Waals surface area contributed by atoms with Gasteiger partial charge in [0.1, 0.15) is 0 Å². The molecule has 1 saturated heterocycles. The van der Waals surface area contributed by atoms with Gasteiger partial charge in [-0.2, -0.15) is 5.10 Å². The van der Waals surface area contributed by atoms with Crippen molar-refractivity contribution in [3.8, 4) is 0 Å². The Morgan fingerprint density at radius 3 is 2.81 bits per heavy atom. The summed E-state index contributed by atoms with van der Waals surface area (Å²) in [4.78, 5) is 14.5. The van der Waals surface area contributed by atoms with Crippen molar-refractivity contribution < 1.29 is 4.79 Å². The van der Waals surface area contributed by atoms with Gasteiger partial charge in [0.15, 0.2) is 5.82 Å². The van der Waals surface area contributed by atoms with Crippen molar-refractivity contribution in [3.05, 3.63) is 48.7 Å². The van der Waals surface area contributed by atoms with Crippen molar-refractivity contribution >= 4 is 17.4 Å². The molecule has 1 unspecified atom stereocenters. The van der Waals surface area contributed by atoms with Gasteiger partial charge in [-0.3, -0.25) is 4.79 Å². The molecule has 2 heterocycles. The summed E-state index contributed by atoms with van der Waals surface area (Å²) in [5.41, 5.74) is 0.846. The van der Waals surface area contributed by atoms with E-state index in [1.807, 2.05) is 42.5 Å². The van der Waals surface area contributed by atoms with Gasteiger partial charge in [0.25, 0.3) is 0 Å². The van der Waals surface area contributed by atoms with E-state index in [4.69, 9.17) is 0 Å². The minimum atomic E-state index is -0.0130. The van der Waals surface area contributed by atoms with E-state index in [0.29, 0.717) is 6.54 Å². The average Bonchev–Trinajstić information content (AvgIpc) is 2.57. The predicted octanol–water partition coefficient (Wildman–Crippen LogP) is 2.33. The first kappa shape index (κ1) is 13.5. The van der Waals surface area contributed by atoms with Crippen LogP contribution in [0, 0.1) is 5.92 Å². The first-order valence-electron chi connectivity index (χ1n) is 7.21. The highest BCUT2D eigenvalue weighted by atomic mass is 16.1. The molecule has 21 heavy (non-hydrogen) atoms. The zero-order valence-corrected chi connectivity index (χ0v) is 11.8. The predicted molar refractivity (Wildman–Crippen MR) is 82.0 cm³/mol. The molecule has 1 N–H and O–H groups in total. The fraction of sp³-hybridized carbons (Fsp3) is 0.312. The number of amides is 1.